The third-order valence-electron chi connectivity index (χ3n) is 2.54. The van der Waals surface area contributed by atoms with Crippen molar-refractivity contribution in [1.29, 1.82) is 0 Å². The zero-order valence-corrected chi connectivity index (χ0v) is 11.8. The number of aliphatic imine (C=N–C) groups is 1. The van der Waals surface area contributed by atoms with E-state index in [2.05, 4.69) is 4.99 Å². The molecule has 0 spiro atoms. The Morgan fingerprint density at radius 2 is 2.00 bits per heavy atom. The number of halogens is 3. The van der Waals surface area contributed by atoms with E-state index in [0.29, 0.717) is 0 Å². The number of rotatable bonds is 3. The first-order valence-electron chi connectivity index (χ1n) is 5.54. The number of nitrogens with zero attached hydrogens (tertiary/aromatic N) is 2. The topological polar surface area (TPSA) is 75.7 Å². The van der Waals surface area contributed by atoms with Crippen LogP contribution < -0.4 is 0 Å². The number of phenols is 1. The fraction of sp³-hybridized carbons (Fsp3) is 0. The maximum atomic E-state index is 13.5. The lowest BCUT2D eigenvalue weighted by atomic mass is 10.2. The van der Waals surface area contributed by atoms with E-state index in [1.807, 2.05) is 0 Å². The van der Waals surface area contributed by atoms with Gasteiger partial charge in [0.2, 0.25) is 0 Å². The lowest BCUT2D eigenvalue weighted by Gasteiger charge is -2.02. The van der Waals surface area contributed by atoms with Crippen molar-refractivity contribution < 1.29 is 14.4 Å². The number of benzene rings is 2. The highest BCUT2D eigenvalue weighted by Crippen LogP contribution is 2.31. The highest BCUT2D eigenvalue weighted by atomic mass is 35.5. The van der Waals surface area contributed by atoms with Gasteiger partial charge in [0.25, 0.3) is 5.69 Å². The van der Waals surface area contributed by atoms with Gasteiger partial charge in [-0.25, -0.2) is 4.39 Å². The molecule has 2 aromatic carbocycles. The molecule has 0 saturated heterocycles. The molecule has 0 aliphatic carbocycles. The maximum absolute atomic E-state index is 13.5. The summed E-state index contributed by atoms with van der Waals surface area (Å²) in [6.45, 7) is 0. The van der Waals surface area contributed by atoms with Crippen LogP contribution in [0.25, 0.3) is 0 Å². The first-order chi connectivity index (χ1) is 9.88. The summed E-state index contributed by atoms with van der Waals surface area (Å²) < 4.78 is 13.5. The molecule has 0 radical (unpaired) electrons. The quantitative estimate of drug-likeness (QED) is 0.512. The van der Waals surface area contributed by atoms with Crippen LogP contribution in [0.4, 0.5) is 15.8 Å². The molecule has 108 valence electrons. The van der Waals surface area contributed by atoms with Gasteiger partial charge in [-0.2, -0.15) is 0 Å². The largest absolute Gasteiger partial charge is 0.506 e. The molecule has 0 aliphatic rings. The highest BCUT2D eigenvalue weighted by Gasteiger charge is 2.11. The minimum Gasteiger partial charge on any atom is -0.506 e. The van der Waals surface area contributed by atoms with Gasteiger partial charge in [-0.3, -0.25) is 15.1 Å². The summed E-state index contributed by atoms with van der Waals surface area (Å²) in [4.78, 5) is 13.8. The first kappa shape index (κ1) is 15.2. The van der Waals surface area contributed by atoms with Crippen LogP contribution in [0.1, 0.15) is 5.56 Å². The van der Waals surface area contributed by atoms with E-state index in [1.165, 1.54) is 12.1 Å². The Balaban J connectivity index is 2.42. The van der Waals surface area contributed by atoms with Crippen molar-refractivity contribution >= 4 is 40.8 Å². The second-order valence-corrected chi connectivity index (χ2v) is 4.82. The van der Waals surface area contributed by atoms with E-state index in [1.54, 1.807) is 0 Å². The van der Waals surface area contributed by atoms with Crippen molar-refractivity contribution in [1.82, 2.24) is 0 Å². The van der Waals surface area contributed by atoms with Crippen molar-refractivity contribution in [3.05, 3.63) is 61.9 Å². The molecule has 0 bridgehead atoms. The predicted octanol–water partition coefficient (Wildman–Crippen LogP) is 4.50. The van der Waals surface area contributed by atoms with Crippen molar-refractivity contribution in [3.8, 4) is 5.75 Å². The number of phenolic OH excluding ortho intramolecular Hbond substituents is 1. The Hall–Kier alpha value is -2.18. The maximum Gasteiger partial charge on any atom is 0.271 e. The van der Waals surface area contributed by atoms with Crippen LogP contribution in [-0.2, 0) is 0 Å². The molecule has 5 nitrogen and oxygen atoms in total. The van der Waals surface area contributed by atoms with E-state index >= 15 is 0 Å². The van der Waals surface area contributed by atoms with Crippen LogP contribution >= 0.6 is 23.2 Å². The molecular weight excluding hydrogens is 322 g/mol. The molecule has 2 rings (SSSR count). The van der Waals surface area contributed by atoms with Crippen molar-refractivity contribution in [2.75, 3.05) is 0 Å². The number of hydrogen-bond donors (Lipinski definition) is 1. The van der Waals surface area contributed by atoms with E-state index in [9.17, 15) is 19.6 Å². The number of hydrogen-bond acceptors (Lipinski definition) is 4. The lowest BCUT2D eigenvalue weighted by molar-refractivity contribution is -0.384. The Morgan fingerprint density at radius 1 is 1.29 bits per heavy atom. The molecule has 0 fully saturated rings. The minimum atomic E-state index is -0.732. The Kier molecular flexibility index (Phi) is 4.40. The zero-order valence-electron chi connectivity index (χ0n) is 10.3. The van der Waals surface area contributed by atoms with Gasteiger partial charge in [0, 0.05) is 28.9 Å². The number of nitro groups is 1. The molecule has 0 aliphatic heterocycles. The predicted molar refractivity (Wildman–Crippen MR) is 78.4 cm³/mol. The molecule has 0 unspecified atom stereocenters. The summed E-state index contributed by atoms with van der Waals surface area (Å²) in [5, 5.41) is 20.6. The molecule has 1 N–H and O–H groups in total. The molecule has 0 aromatic heterocycles. The molecule has 0 atom stereocenters. The van der Waals surface area contributed by atoms with E-state index in [0.717, 1.165) is 24.4 Å². The lowest BCUT2D eigenvalue weighted by Crippen LogP contribution is -1.89. The second kappa shape index (κ2) is 6.07. The first-order valence-corrected chi connectivity index (χ1v) is 6.30. The second-order valence-electron chi connectivity index (χ2n) is 3.98. The average molecular weight is 329 g/mol. The van der Waals surface area contributed by atoms with Crippen LogP contribution in [0.3, 0.4) is 0 Å². The third-order valence-corrected chi connectivity index (χ3v) is 3.05. The Bertz CT molecular complexity index is 750. The van der Waals surface area contributed by atoms with Crippen LogP contribution in [-0.4, -0.2) is 16.2 Å². The molecule has 8 heteroatoms. The number of non-ortho nitro benzene ring substituents is 1. The summed E-state index contributed by atoms with van der Waals surface area (Å²) in [7, 11) is 0. The van der Waals surface area contributed by atoms with Crippen molar-refractivity contribution in [3.63, 3.8) is 0 Å². The summed E-state index contributed by atoms with van der Waals surface area (Å²) in [5.74, 6) is -1.000. The Labute approximate surface area is 128 Å². The van der Waals surface area contributed by atoms with Gasteiger partial charge in [0.05, 0.1) is 9.95 Å². The van der Waals surface area contributed by atoms with Crippen molar-refractivity contribution in [2.45, 2.75) is 0 Å². The SMILES string of the molecule is O=[N+]([O-])c1ccc(F)c(/N=C/c2cc(Cl)cc(Cl)c2O)c1. The smallest absolute Gasteiger partial charge is 0.271 e. The van der Waals surface area contributed by atoms with Crippen LogP contribution in [0.15, 0.2) is 35.3 Å². The van der Waals surface area contributed by atoms with Gasteiger partial charge in [-0.05, 0) is 18.2 Å². The normalized spacial score (nSPS) is 11.0. The van der Waals surface area contributed by atoms with E-state index in [-0.39, 0.29) is 32.7 Å². The molecule has 0 amide bonds. The fourth-order valence-corrected chi connectivity index (χ4v) is 2.05. The molecule has 2 aromatic rings. The minimum absolute atomic E-state index is 0.0171. The van der Waals surface area contributed by atoms with E-state index < -0.39 is 10.7 Å². The molecule has 0 saturated carbocycles. The van der Waals surface area contributed by atoms with Crippen LogP contribution in [0.5, 0.6) is 5.75 Å². The summed E-state index contributed by atoms with van der Waals surface area (Å²) in [6, 6.07) is 5.66. The fourth-order valence-electron chi connectivity index (χ4n) is 1.54. The molecule has 0 heterocycles. The van der Waals surface area contributed by atoms with Gasteiger partial charge in [-0.1, -0.05) is 23.2 Å². The zero-order chi connectivity index (χ0) is 15.6. The van der Waals surface area contributed by atoms with Crippen LogP contribution in [0, 0.1) is 15.9 Å². The standard InChI is InChI=1S/C13H7Cl2FN2O3/c14-8-3-7(13(19)10(15)4-8)6-17-12-5-9(18(20)21)1-2-11(12)16/h1-6,19H/b17-6+. The average Bonchev–Trinajstić information content (AvgIpc) is 2.42. The van der Waals surface area contributed by atoms with Gasteiger partial charge in [-0.15, -0.1) is 0 Å². The Morgan fingerprint density at radius 3 is 2.67 bits per heavy atom. The number of nitro benzene ring substituents is 1. The molecular formula is C13H7Cl2FN2O3. The van der Waals surface area contributed by atoms with E-state index in [4.69, 9.17) is 23.2 Å². The third kappa shape index (κ3) is 3.48. The highest BCUT2D eigenvalue weighted by molar-refractivity contribution is 6.36. The summed E-state index contributed by atoms with van der Waals surface area (Å²) in [6.07, 6.45) is 1.12. The van der Waals surface area contributed by atoms with Gasteiger partial charge in [0.15, 0.2) is 0 Å². The number of aromatic hydroxyl groups is 1. The monoisotopic (exact) mass is 328 g/mol. The summed E-state index contributed by atoms with van der Waals surface area (Å²) >= 11 is 11.5. The van der Waals surface area contributed by atoms with Gasteiger partial charge in [0.1, 0.15) is 17.3 Å². The molecule has 21 heavy (non-hydrogen) atoms. The van der Waals surface area contributed by atoms with Gasteiger partial charge >= 0.3 is 0 Å². The van der Waals surface area contributed by atoms with Crippen LogP contribution in [0.2, 0.25) is 10.0 Å². The summed E-state index contributed by atoms with van der Waals surface area (Å²) in [5.41, 5.74) is -0.366. The van der Waals surface area contributed by atoms with Gasteiger partial charge < -0.3 is 5.11 Å². The van der Waals surface area contributed by atoms with Crippen molar-refractivity contribution in [2.24, 2.45) is 4.99 Å².